The highest BCUT2D eigenvalue weighted by Crippen LogP contribution is 2.47. The van der Waals surface area contributed by atoms with E-state index in [1.54, 1.807) is 11.2 Å². The van der Waals surface area contributed by atoms with Crippen molar-refractivity contribution < 1.29 is 13.7 Å². The van der Waals surface area contributed by atoms with Crippen LogP contribution in [0, 0.1) is 0 Å². The predicted octanol–water partition coefficient (Wildman–Crippen LogP) is 2.22. The van der Waals surface area contributed by atoms with Gasteiger partial charge in [-0.3, -0.25) is 0 Å². The molecule has 0 aliphatic carbocycles. The summed E-state index contributed by atoms with van der Waals surface area (Å²) in [6.45, 7) is 8.26. The zero-order valence-corrected chi connectivity index (χ0v) is 13.2. The summed E-state index contributed by atoms with van der Waals surface area (Å²) in [6.07, 6.45) is 0. The molecule has 0 N–H and O–H groups in total. The highest BCUT2D eigenvalue weighted by Gasteiger charge is 2.64. The fourth-order valence-corrected chi connectivity index (χ4v) is 3.62. The van der Waals surface area contributed by atoms with Gasteiger partial charge in [-0.2, -0.15) is 4.31 Å². The molecule has 1 aliphatic rings. The van der Waals surface area contributed by atoms with Crippen molar-refractivity contribution in [2.75, 3.05) is 13.2 Å². The number of ether oxygens (including phenoxy) is 1. The lowest BCUT2D eigenvalue weighted by Crippen LogP contribution is -2.35. The molecule has 0 radical (unpaired) electrons. The van der Waals surface area contributed by atoms with Gasteiger partial charge in [0.25, 0.3) is 0 Å². The number of esters is 1. The van der Waals surface area contributed by atoms with Gasteiger partial charge < -0.3 is 4.74 Å². The Labute approximate surface area is 122 Å². The Balaban J connectivity index is 2.36. The maximum atomic E-state index is 12.6. The maximum absolute atomic E-state index is 12.6. The highest BCUT2D eigenvalue weighted by molar-refractivity contribution is 7.84. The number of hydrogen-bond acceptors (Lipinski definition) is 3. The summed E-state index contributed by atoms with van der Waals surface area (Å²) in [4.78, 5) is 12.4. The minimum atomic E-state index is -1.24. The summed E-state index contributed by atoms with van der Waals surface area (Å²) >= 11 is 0. The Morgan fingerprint density at radius 2 is 1.95 bits per heavy atom. The number of hydrogen-bond donors (Lipinski definition) is 0. The molecule has 4 nitrogen and oxygen atoms in total. The van der Waals surface area contributed by atoms with E-state index in [1.165, 1.54) is 0 Å². The van der Waals surface area contributed by atoms with Gasteiger partial charge in [-0.25, -0.2) is 9.00 Å². The van der Waals surface area contributed by atoms with Crippen molar-refractivity contribution in [2.45, 2.75) is 38.0 Å². The summed E-state index contributed by atoms with van der Waals surface area (Å²) in [5, 5.41) is 0. The van der Waals surface area contributed by atoms with Crippen LogP contribution in [0.4, 0.5) is 0 Å². The standard InChI is InChI=1S/C15H21NO3S/c1-5-19-13(17)15(12-9-7-6-8-10-12)11-16(15)20(18)14(2,3)4/h6-10H,5,11H2,1-4H3/t15-,16?,20?/m1/s1. The molecule has 1 aromatic carbocycles. The Kier molecular flexibility index (Phi) is 4.02. The van der Waals surface area contributed by atoms with Crippen LogP contribution < -0.4 is 0 Å². The van der Waals surface area contributed by atoms with Crippen molar-refractivity contribution in [3.05, 3.63) is 35.9 Å². The molecule has 0 spiro atoms. The molecular formula is C15H21NO3S. The third kappa shape index (κ3) is 2.52. The Bertz CT molecular complexity index is 524. The van der Waals surface area contributed by atoms with Crippen LogP contribution in [0.3, 0.4) is 0 Å². The number of carbonyl (C=O) groups is 1. The molecular weight excluding hydrogens is 274 g/mol. The number of rotatable bonds is 4. The second-order valence-corrected chi connectivity index (χ2v) is 8.01. The lowest BCUT2D eigenvalue weighted by Gasteiger charge is -2.22. The molecule has 0 amide bonds. The molecule has 1 heterocycles. The van der Waals surface area contributed by atoms with Gasteiger partial charge in [-0.05, 0) is 33.3 Å². The quantitative estimate of drug-likeness (QED) is 0.632. The van der Waals surface area contributed by atoms with E-state index >= 15 is 0 Å². The Morgan fingerprint density at radius 1 is 1.35 bits per heavy atom. The second-order valence-electron chi connectivity index (χ2n) is 5.84. The van der Waals surface area contributed by atoms with E-state index < -0.39 is 21.3 Å². The molecule has 2 unspecified atom stereocenters. The van der Waals surface area contributed by atoms with Crippen molar-refractivity contribution in [3.63, 3.8) is 0 Å². The van der Waals surface area contributed by atoms with Crippen LogP contribution in [-0.4, -0.2) is 32.4 Å². The van der Waals surface area contributed by atoms with Crippen LogP contribution >= 0.6 is 0 Å². The molecule has 0 saturated carbocycles. The normalized spacial score (nSPS) is 26.9. The highest BCUT2D eigenvalue weighted by atomic mass is 32.2. The molecule has 1 saturated heterocycles. The van der Waals surface area contributed by atoms with Crippen LogP contribution in [0.15, 0.2) is 30.3 Å². The largest absolute Gasteiger partial charge is 0.464 e. The van der Waals surface area contributed by atoms with Crippen LogP contribution in [-0.2, 0) is 26.1 Å². The van der Waals surface area contributed by atoms with Gasteiger partial charge in [-0.1, -0.05) is 30.3 Å². The number of benzene rings is 1. The van der Waals surface area contributed by atoms with Gasteiger partial charge in [0, 0.05) is 6.54 Å². The second kappa shape index (κ2) is 5.30. The zero-order chi connectivity index (χ0) is 15.0. The van der Waals surface area contributed by atoms with E-state index in [2.05, 4.69) is 0 Å². The monoisotopic (exact) mass is 295 g/mol. The minimum absolute atomic E-state index is 0.316. The minimum Gasteiger partial charge on any atom is -0.464 e. The maximum Gasteiger partial charge on any atom is 0.333 e. The lowest BCUT2D eigenvalue weighted by atomic mass is 10.00. The molecule has 0 aromatic heterocycles. The van der Waals surface area contributed by atoms with Gasteiger partial charge in [0.05, 0.1) is 11.4 Å². The van der Waals surface area contributed by atoms with E-state index in [9.17, 15) is 9.00 Å². The average Bonchev–Trinajstić information content (AvgIpc) is 3.14. The summed E-state index contributed by atoms with van der Waals surface area (Å²) < 4.78 is 19.1. The molecule has 5 heteroatoms. The van der Waals surface area contributed by atoms with Crippen molar-refractivity contribution in [3.8, 4) is 0 Å². The Hall–Kier alpha value is -1.20. The zero-order valence-electron chi connectivity index (χ0n) is 12.4. The van der Waals surface area contributed by atoms with Gasteiger partial charge in [-0.15, -0.1) is 0 Å². The van der Waals surface area contributed by atoms with E-state index in [0.717, 1.165) is 5.56 Å². The predicted molar refractivity (Wildman–Crippen MR) is 79.4 cm³/mol. The fraction of sp³-hybridized carbons (Fsp3) is 0.533. The first kappa shape index (κ1) is 15.2. The topological polar surface area (TPSA) is 46.4 Å². The summed E-state index contributed by atoms with van der Waals surface area (Å²) in [7, 11) is -1.24. The lowest BCUT2D eigenvalue weighted by molar-refractivity contribution is -0.147. The number of carbonyl (C=O) groups excluding carboxylic acids is 1. The summed E-state index contributed by atoms with van der Waals surface area (Å²) in [6, 6.07) is 9.43. The number of nitrogens with zero attached hydrogens (tertiary/aromatic N) is 1. The molecule has 1 fully saturated rings. The van der Waals surface area contributed by atoms with Gasteiger partial charge in [0.1, 0.15) is 11.0 Å². The fourth-order valence-electron chi connectivity index (χ4n) is 2.19. The molecule has 1 aliphatic heterocycles. The van der Waals surface area contributed by atoms with Crippen molar-refractivity contribution in [1.82, 2.24) is 4.31 Å². The summed E-state index contributed by atoms with van der Waals surface area (Å²) in [5.74, 6) is -0.316. The third-order valence-corrected chi connectivity index (χ3v) is 5.17. The SMILES string of the molecule is CCOC(=O)[C@]1(c2ccccc2)CN1S(=O)C(C)(C)C. The molecule has 110 valence electrons. The van der Waals surface area contributed by atoms with Crippen molar-refractivity contribution in [2.24, 2.45) is 0 Å². The van der Waals surface area contributed by atoms with E-state index in [0.29, 0.717) is 13.2 Å². The molecule has 20 heavy (non-hydrogen) atoms. The first-order chi connectivity index (χ1) is 9.34. The van der Waals surface area contributed by atoms with Crippen molar-refractivity contribution >= 4 is 17.0 Å². The average molecular weight is 295 g/mol. The van der Waals surface area contributed by atoms with Gasteiger partial charge in [0.2, 0.25) is 0 Å². The first-order valence-electron chi connectivity index (χ1n) is 6.76. The molecule has 0 bridgehead atoms. The van der Waals surface area contributed by atoms with Crippen LogP contribution in [0.5, 0.6) is 0 Å². The summed E-state index contributed by atoms with van der Waals surface area (Å²) in [5.41, 5.74) is -0.0360. The van der Waals surface area contributed by atoms with E-state index in [4.69, 9.17) is 4.74 Å². The smallest absolute Gasteiger partial charge is 0.333 e. The van der Waals surface area contributed by atoms with E-state index in [1.807, 2.05) is 51.1 Å². The third-order valence-electron chi connectivity index (χ3n) is 3.28. The van der Waals surface area contributed by atoms with Gasteiger partial charge >= 0.3 is 5.97 Å². The molecule has 2 rings (SSSR count). The van der Waals surface area contributed by atoms with E-state index in [-0.39, 0.29) is 5.97 Å². The van der Waals surface area contributed by atoms with Crippen LogP contribution in [0.1, 0.15) is 33.3 Å². The van der Waals surface area contributed by atoms with Crippen LogP contribution in [0.25, 0.3) is 0 Å². The molecule has 3 atom stereocenters. The van der Waals surface area contributed by atoms with Crippen molar-refractivity contribution in [1.29, 1.82) is 0 Å². The first-order valence-corrected chi connectivity index (χ1v) is 7.87. The molecule has 1 aromatic rings. The Morgan fingerprint density at radius 3 is 2.45 bits per heavy atom. The van der Waals surface area contributed by atoms with Gasteiger partial charge in [0.15, 0.2) is 5.54 Å². The van der Waals surface area contributed by atoms with Crippen LogP contribution in [0.2, 0.25) is 0 Å².